The van der Waals surface area contributed by atoms with E-state index in [1.54, 1.807) is 0 Å². The maximum absolute atomic E-state index is 2.50. The molecule has 3 aromatic heterocycles. The number of hydrogen-bond donors (Lipinski definition) is 0. The molecule has 0 N–H and O–H groups in total. The van der Waals surface area contributed by atoms with Gasteiger partial charge in [0, 0.05) is 62.6 Å². The van der Waals surface area contributed by atoms with Gasteiger partial charge in [0.1, 0.15) is 0 Å². The van der Waals surface area contributed by atoms with Gasteiger partial charge in [-0.05, 0) is 46.5 Å². The number of rotatable bonds is 6. The Morgan fingerprint density at radius 1 is 0.357 bits per heavy atom. The molecule has 11 aromatic rings. The summed E-state index contributed by atoms with van der Waals surface area (Å²) in [6, 6.07) is 69.9. The van der Waals surface area contributed by atoms with Crippen LogP contribution in [-0.2, 0) is 0 Å². The first-order valence-electron chi connectivity index (χ1n) is 18.9. The van der Waals surface area contributed by atoms with Gasteiger partial charge in [0.15, 0.2) is 0 Å². The molecule has 5 heteroatoms. The molecule has 0 unspecified atom stereocenters. The predicted octanol–water partition coefficient (Wildman–Crippen LogP) is 11.3. The van der Waals surface area contributed by atoms with Crippen LogP contribution >= 0.6 is 11.3 Å². The SMILES string of the molecule is c1ccc(-c2cccc(-c3ccc4c5ccc6c7ccccc7sc6c5n(-c5cccc(-[n+]6c[n+](-c7ccccc7)c[n+](-c7ccccc7)c6)c5)c4c3)c2)cc1. The van der Waals surface area contributed by atoms with E-state index < -0.39 is 0 Å². The van der Waals surface area contributed by atoms with Gasteiger partial charge in [-0.15, -0.1) is 11.3 Å². The van der Waals surface area contributed by atoms with E-state index in [0.717, 1.165) is 22.7 Å². The summed E-state index contributed by atoms with van der Waals surface area (Å²) in [6.07, 6.45) is 6.44. The molecule has 11 rings (SSSR count). The fourth-order valence-corrected chi connectivity index (χ4v) is 9.36. The van der Waals surface area contributed by atoms with E-state index in [-0.39, 0.29) is 0 Å². The summed E-state index contributed by atoms with van der Waals surface area (Å²) in [7, 11) is 0. The topological polar surface area (TPSA) is 16.6 Å². The molecule has 8 aromatic carbocycles. The van der Waals surface area contributed by atoms with Gasteiger partial charge >= 0.3 is 19.0 Å². The highest BCUT2D eigenvalue weighted by molar-refractivity contribution is 7.26. The summed E-state index contributed by atoms with van der Waals surface area (Å²) in [4.78, 5) is 0. The molecule has 0 bridgehead atoms. The van der Waals surface area contributed by atoms with Gasteiger partial charge in [-0.25, -0.2) is 0 Å². The Hall–Kier alpha value is -7.21. The molecule has 0 aliphatic rings. The third-order valence-corrected chi connectivity index (χ3v) is 12.0. The van der Waals surface area contributed by atoms with E-state index >= 15 is 0 Å². The number of benzene rings is 8. The normalized spacial score (nSPS) is 11.6. The lowest BCUT2D eigenvalue weighted by Crippen LogP contribution is -2.55. The number of fused-ring (bicyclic) bond motifs is 7. The van der Waals surface area contributed by atoms with Crippen molar-refractivity contribution >= 4 is 53.3 Å². The Kier molecular flexibility index (Phi) is 7.64. The van der Waals surface area contributed by atoms with Crippen LogP contribution in [0.4, 0.5) is 0 Å². The second kappa shape index (κ2) is 13.3. The van der Waals surface area contributed by atoms with Crippen molar-refractivity contribution in [3.05, 3.63) is 213 Å². The third kappa shape index (κ3) is 5.48. The smallest absolute Gasteiger partial charge is 0.308 e. The number of thiophene rings is 1. The third-order valence-electron chi connectivity index (χ3n) is 10.8. The molecule has 0 spiro atoms. The van der Waals surface area contributed by atoms with Gasteiger partial charge in [0.2, 0.25) is 17.1 Å². The van der Waals surface area contributed by atoms with Crippen molar-refractivity contribution in [2.75, 3.05) is 0 Å². The summed E-state index contributed by atoms with van der Waals surface area (Å²) in [5.41, 5.74) is 11.6. The zero-order chi connectivity index (χ0) is 37.0. The fraction of sp³-hybridized carbons (Fsp3) is 0. The van der Waals surface area contributed by atoms with Crippen molar-refractivity contribution in [2.24, 2.45) is 0 Å². The van der Waals surface area contributed by atoms with Gasteiger partial charge in [-0.3, -0.25) is 0 Å². The largest absolute Gasteiger partial charge is 0.428 e. The Labute approximate surface area is 328 Å². The molecular formula is C51H35N4S+3. The predicted molar refractivity (Wildman–Crippen MR) is 229 cm³/mol. The lowest BCUT2D eigenvalue weighted by molar-refractivity contribution is -0.858. The Bertz CT molecular complexity index is 3180. The van der Waals surface area contributed by atoms with Crippen molar-refractivity contribution < 1.29 is 13.7 Å². The summed E-state index contributed by atoms with van der Waals surface area (Å²) in [5.74, 6) is 0. The van der Waals surface area contributed by atoms with Gasteiger partial charge in [-0.2, -0.15) is 0 Å². The van der Waals surface area contributed by atoms with Gasteiger partial charge in [0.05, 0.1) is 21.4 Å². The first kappa shape index (κ1) is 32.2. The van der Waals surface area contributed by atoms with Crippen molar-refractivity contribution in [2.45, 2.75) is 0 Å². The van der Waals surface area contributed by atoms with Crippen LogP contribution in [0.15, 0.2) is 213 Å². The zero-order valence-corrected chi connectivity index (χ0v) is 31.2. The Morgan fingerprint density at radius 3 is 1.62 bits per heavy atom. The molecule has 0 fully saturated rings. The minimum Gasteiger partial charge on any atom is -0.308 e. The van der Waals surface area contributed by atoms with E-state index in [4.69, 9.17) is 0 Å². The monoisotopic (exact) mass is 735 g/mol. The van der Waals surface area contributed by atoms with Crippen LogP contribution in [0.2, 0.25) is 0 Å². The van der Waals surface area contributed by atoms with Gasteiger partial charge in [0.25, 0.3) is 0 Å². The second-order valence-electron chi connectivity index (χ2n) is 14.2. The van der Waals surface area contributed by atoms with Crippen LogP contribution in [0.5, 0.6) is 0 Å². The minimum absolute atomic E-state index is 1.06. The zero-order valence-electron chi connectivity index (χ0n) is 30.4. The maximum atomic E-state index is 2.50. The molecule has 0 aliphatic carbocycles. The van der Waals surface area contributed by atoms with Crippen molar-refractivity contribution in [3.63, 3.8) is 0 Å². The number of para-hydroxylation sites is 2. The number of hydrogen-bond acceptors (Lipinski definition) is 1. The summed E-state index contributed by atoms with van der Waals surface area (Å²) in [5, 5.41) is 5.09. The van der Waals surface area contributed by atoms with Crippen LogP contribution in [0, 0.1) is 0 Å². The van der Waals surface area contributed by atoms with Gasteiger partial charge < -0.3 is 4.57 Å². The molecule has 262 valence electrons. The lowest BCUT2D eigenvalue weighted by atomic mass is 9.98. The van der Waals surface area contributed by atoms with E-state index in [2.05, 4.69) is 231 Å². The molecule has 4 nitrogen and oxygen atoms in total. The average Bonchev–Trinajstić information content (AvgIpc) is 3.83. The Balaban J connectivity index is 1.15. The summed E-state index contributed by atoms with van der Waals surface area (Å²) >= 11 is 1.88. The van der Waals surface area contributed by atoms with Crippen molar-refractivity contribution in [1.29, 1.82) is 0 Å². The van der Waals surface area contributed by atoms with Crippen LogP contribution in [0.3, 0.4) is 0 Å². The lowest BCUT2D eigenvalue weighted by Gasteiger charge is -2.10. The quantitative estimate of drug-likeness (QED) is 0.151. The van der Waals surface area contributed by atoms with E-state index in [0.29, 0.717) is 0 Å². The Morgan fingerprint density at radius 2 is 0.893 bits per heavy atom. The molecule has 3 heterocycles. The number of nitrogens with zero attached hydrogens (tertiary/aromatic N) is 4. The molecule has 0 amide bonds. The van der Waals surface area contributed by atoms with Crippen LogP contribution in [-0.4, -0.2) is 4.57 Å². The average molecular weight is 736 g/mol. The molecule has 0 saturated heterocycles. The van der Waals surface area contributed by atoms with E-state index in [1.165, 1.54) is 64.2 Å². The minimum atomic E-state index is 1.06. The molecule has 0 atom stereocenters. The first-order chi connectivity index (χ1) is 27.7. The molecule has 0 saturated carbocycles. The molecule has 0 aliphatic heterocycles. The van der Waals surface area contributed by atoms with E-state index in [9.17, 15) is 0 Å². The molecular weight excluding hydrogens is 701 g/mol. The highest BCUT2D eigenvalue weighted by Gasteiger charge is 2.26. The molecule has 0 radical (unpaired) electrons. The van der Waals surface area contributed by atoms with Crippen LogP contribution in [0.1, 0.15) is 0 Å². The number of aromatic nitrogens is 4. The highest BCUT2D eigenvalue weighted by Crippen LogP contribution is 2.43. The highest BCUT2D eigenvalue weighted by atomic mass is 32.1. The molecule has 56 heavy (non-hydrogen) atoms. The summed E-state index contributed by atoms with van der Waals surface area (Å²) in [6.45, 7) is 0. The fourth-order valence-electron chi connectivity index (χ4n) is 8.12. The standard InChI is InChI=1S/C51H35N4S/c1-4-14-36(15-5-1)37-16-12-17-38(30-37)39-26-27-44-46-28-29-47-45-24-10-11-25-49(45)56-51(47)50(46)55(48(44)31-39)43-23-13-22-42(32-43)54-34-52(40-18-6-2-7-19-40)33-53(35-54)41-20-8-3-9-21-41/h1-35H/q+3. The van der Waals surface area contributed by atoms with Crippen LogP contribution < -0.4 is 13.7 Å². The van der Waals surface area contributed by atoms with Crippen LogP contribution in [0.25, 0.3) is 87.0 Å². The first-order valence-corrected chi connectivity index (χ1v) is 19.7. The second-order valence-corrected chi connectivity index (χ2v) is 15.3. The van der Waals surface area contributed by atoms with Crippen molar-refractivity contribution in [3.8, 4) is 45.0 Å². The summed E-state index contributed by atoms with van der Waals surface area (Å²) < 4.78 is 11.7. The van der Waals surface area contributed by atoms with E-state index in [1.807, 2.05) is 11.3 Å². The van der Waals surface area contributed by atoms with Gasteiger partial charge in [-0.1, -0.05) is 147 Å². The maximum Gasteiger partial charge on any atom is 0.428 e. The van der Waals surface area contributed by atoms with Crippen molar-refractivity contribution in [1.82, 2.24) is 4.57 Å².